The van der Waals surface area contributed by atoms with Gasteiger partial charge in [0.25, 0.3) is 0 Å². The number of carbonyl (C=O) groups is 2. The Hall–Kier alpha value is -3.02. The maximum absolute atomic E-state index is 12.8. The lowest BCUT2D eigenvalue weighted by Crippen LogP contribution is -2.38. The fourth-order valence-corrected chi connectivity index (χ4v) is 3.82. The van der Waals surface area contributed by atoms with Crippen LogP contribution < -0.4 is 5.48 Å². The Morgan fingerprint density at radius 3 is 2.52 bits per heavy atom. The number of ether oxygens (including phenoxy) is 1. The summed E-state index contributed by atoms with van der Waals surface area (Å²) in [5, 5.41) is 10.5. The van der Waals surface area contributed by atoms with Crippen molar-refractivity contribution >= 4 is 12.1 Å². The molecule has 2 aromatic rings. The minimum Gasteiger partial charge on any atom is -0.508 e. The Balaban J connectivity index is 1.80. The zero-order valence-electron chi connectivity index (χ0n) is 17.0. The van der Waals surface area contributed by atoms with Crippen molar-refractivity contribution in [2.24, 2.45) is 5.92 Å². The zero-order chi connectivity index (χ0) is 21.0. The summed E-state index contributed by atoms with van der Waals surface area (Å²) >= 11 is 0. The minimum absolute atomic E-state index is 0.182. The largest absolute Gasteiger partial charge is 0.508 e. The van der Waals surface area contributed by atoms with Gasteiger partial charge in [0.15, 0.2) is 0 Å². The summed E-state index contributed by atoms with van der Waals surface area (Å²) in [4.78, 5) is 29.7. The fourth-order valence-electron chi connectivity index (χ4n) is 3.82. The molecule has 2 atom stereocenters. The van der Waals surface area contributed by atoms with E-state index in [0.29, 0.717) is 19.3 Å². The van der Waals surface area contributed by atoms with Crippen molar-refractivity contribution in [2.75, 3.05) is 0 Å². The number of amides is 1. The van der Waals surface area contributed by atoms with Crippen LogP contribution >= 0.6 is 0 Å². The molecule has 6 nitrogen and oxygen atoms in total. The van der Waals surface area contributed by atoms with Gasteiger partial charge in [-0.15, -0.1) is 5.48 Å². The molecule has 0 spiro atoms. The van der Waals surface area contributed by atoms with Gasteiger partial charge < -0.3 is 14.7 Å². The minimum atomic E-state index is -0.815. The Labute approximate surface area is 170 Å². The van der Waals surface area contributed by atoms with Crippen molar-refractivity contribution in [3.63, 3.8) is 0 Å². The number of hydroxylamine groups is 1. The molecule has 2 aromatic carbocycles. The molecule has 29 heavy (non-hydrogen) atoms. The van der Waals surface area contributed by atoms with Crippen LogP contribution in [-0.2, 0) is 27.2 Å². The van der Waals surface area contributed by atoms with Crippen molar-refractivity contribution in [3.8, 4) is 5.75 Å². The highest BCUT2D eigenvalue weighted by molar-refractivity contribution is 5.77. The first-order valence-corrected chi connectivity index (χ1v) is 9.79. The molecule has 1 unspecified atom stereocenters. The fraction of sp³-hybridized carbons (Fsp3) is 0.391. The van der Waals surface area contributed by atoms with Gasteiger partial charge in [-0.25, -0.2) is 9.59 Å². The molecule has 3 rings (SSSR count). The maximum atomic E-state index is 12.8. The summed E-state index contributed by atoms with van der Waals surface area (Å²) in [6, 6.07) is 15.3. The lowest BCUT2D eigenvalue weighted by atomic mass is 9.72. The molecule has 1 aliphatic carbocycles. The summed E-state index contributed by atoms with van der Waals surface area (Å²) in [7, 11) is 0. The molecular formula is C23H27NO5. The Kier molecular flexibility index (Phi) is 6.11. The van der Waals surface area contributed by atoms with E-state index in [2.05, 4.69) is 5.48 Å². The van der Waals surface area contributed by atoms with Gasteiger partial charge in [0, 0.05) is 11.5 Å². The summed E-state index contributed by atoms with van der Waals surface area (Å²) in [6.07, 6.45) is 0.992. The molecular weight excluding hydrogens is 370 g/mol. The zero-order valence-corrected chi connectivity index (χ0v) is 17.0. The Morgan fingerprint density at radius 2 is 1.83 bits per heavy atom. The van der Waals surface area contributed by atoms with Crippen LogP contribution in [0.1, 0.15) is 49.8 Å². The van der Waals surface area contributed by atoms with Gasteiger partial charge >= 0.3 is 12.1 Å². The third kappa shape index (κ3) is 5.28. The SMILES string of the molecule is CC(C)(C)OC(=O)NOC(=O)[C@@H]1CCc2cccc(O)c2C1Cc1ccccc1. The first-order valence-electron chi connectivity index (χ1n) is 9.79. The molecule has 0 radical (unpaired) electrons. The van der Waals surface area contributed by atoms with Crippen LogP contribution in [0.5, 0.6) is 5.75 Å². The normalized spacial score (nSPS) is 18.4. The molecule has 1 aliphatic rings. The van der Waals surface area contributed by atoms with Gasteiger partial charge in [-0.3, -0.25) is 0 Å². The van der Waals surface area contributed by atoms with Gasteiger partial charge in [-0.1, -0.05) is 42.5 Å². The van der Waals surface area contributed by atoms with Crippen LogP contribution in [0.4, 0.5) is 4.79 Å². The molecule has 0 saturated carbocycles. The van der Waals surface area contributed by atoms with Crippen molar-refractivity contribution < 1.29 is 24.3 Å². The number of fused-ring (bicyclic) bond motifs is 1. The lowest BCUT2D eigenvalue weighted by Gasteiger charge is -2.32. The number of benzene rings is 2. The second-order valence-electron chi connectivity index (χ2n) is 8.32. The first-order chi connectivity index (χ1) is 13.7. The van der Waals surface area contributed by atoms with Crippen LogP contribution in [0.3, 0.4) is 0 Å². The van der Waals surface area contributed by atoms with Crippen LogP contribution in [0, 0.1) is 5.92 Å². The Bertz CT molecular complexity index is 873. The van der Waals surface area contributed by atoms with E-state index in [9.17, 15) is 14.7 Å². The number of phenolic OH excluding ortho intramolecular Hbond substituents is 1. The highest BCUT2D eigenvalue weighted by Gasteiger charge is 2.37. The van der Waals surface area contributed by atoms with E-state index in [4.69, 9.17) is 9.57 Å². The van der Waals surface area contributed by atoms with Gasteiger partial charge in [0.2, 0.25) is 0 Å². The number of rotatable bonds is 3. The highest BCUT2D eigenvalue weighted by Crippen LogP contribution is 2.43. The smallest absolute Gasteiger partial charge is 0.441 e. The van der Waals surface area contributed by atoms with Gasteiger partial charge in [-0.2, -0.15) is 0 Å². The molecule has 1 amide bonds. The van der Waals surface area contributed by atoms with E-state index in [1.807, 2.05) is 42.5 Å². The summed E-state index contributed by atoms with van der Waals surface area (Å²) in [5.74, 6) is -1.10. The number of nitrogens with one attached hydrogen (secondary N) is 1. The second kappa shape index (κ2) is 8.55. The molecule has 0 aromatic heterocycles. The van der Waals surface area contributed by atoms with Crippen LogP contribution in [0.2, 0.25) is 0 Å². The molecule has 0 fully saturated rings. The topological polar surface area (TPSA) is 84.9 Å². The monoisotopic (exact) mass is 397 g/mol. The molecule has 2 N–H and O–H groups in total. The Morgan fingerprint density at radius 1 is 1.10 bits per heavy atom. The van der Waals surface area contributed by atoms with E-state index >= 15 is 0 Å². The van der Waals surface area contributed by atoms with E-state index in [1.54, 1.807) is 26.8 Å². The quantitative estimate of drug-likeness (QED) is 0.756. The summed E-state index contributed by atoms with van der Waals surface area (Å²) in [5.41, 5.74) is 4.27. The lowest BCUT2D eigenvalue weighted by molar-refractivity contribution is -0.157. The molecule has 0 saturated heterocycles. The number of carbonyl (C=O) groups excluding carboxylic acids is 2. The van der Waals surface area contributed by atoms with Gasteiger partial charge in [0.1, 0.15) is 11.4 Å². The van der Waals surface area contributed by atoms with Gasteiger partial charge in [-0.05, 0) is 57.2 Å². The second-order valence-corrected chi connectivity index (χ2v) is 8.32. The van der Waals surface area contributed by atoms with Crippen LogP contribution in [0.15, 0.2) is 48.5 Å². The van der Waals surface area contributed by atoms with Crippen molar-refractivity contribution in [3.05, 3.63) is 65.2 Å². The van der Waals surface area contributed by atoms with Gasteiger partial charge in [0.05, 0.1) is 5.92 Å². The van der Waals surface area contributed by atoms with E-state index < -0.39 is 23.6 Å². The first kappa shape index (κ1) is 20.7. The van der Waals surface area contributed by atoms with Crippen molar-refractivity contribution in [1.29, 1.82) is 0 Å². The average molecular weight is 397 g/mol. The third-order valence-corrected chi connectivity index (χ3v) is 4.99. The number of aromatic hydroxyl groups is 1. The molecule has 154 valence electrons. The molecule has 0 heterocycles. The van der Waals surface area contributed by atoms with E-state index in [1.165, 1.54) is 0 Å². The average Bonchev–Trinajstić information content (AvgIpc) is 2.66. The van der Waals surface area contributed by atoms with Crippen LogP contribution in [0.25, 0.3) is 0 Å². The molecule has 0 aliphatic heterocycles. The highest BCUT2D eigenvalue weighted by atomic mass is 16.7. The summed E-state index contributed by atoms with van der Waals surface area (Å²) < 4.78 is 5.11. The predicted octanol–water partition coefficient (Wildman–Crippen LogP) is 4.26. The number of aryl methyl sites for hydroxylation is 1. The number of hydrogen-bond donors (Lipinski definition) is 2. The van der Waals surface area contributed by atoms with E-state index in [-0.39, 0.29) is 11.7 Å². The molecule has 6 heteroatoms. The van der Waals surface area contributed by atoms with Crippen LogP contribution in [-0.4, -0.2) is 22.8 Å². The number of hydrogen-bond acceptors (Lipinski definition) is 5. The number of phenols is 1. The summed E-state index contributed by atoms with van der Waals surface area (Å²) in [6.45, 7) is 5.18. The standard InChI is InChI=1S/C23H27NO5/c1-23(2,3)28-22(27)24-29-21(26)17-13-12-16-10-7-11-19(25)20(16)18(17)14-15-8-5-4-6-9-15/h4-11,17-18,25H,12-14H2,1-3H3,(H,24,27)/t17-,18?/m1/s1. The molecule has 0 bridgehead atoms. The van der Waals surface area contributed by atoms with Crippen molar-refractivity contribution in [1.82, 2.24) is 5.48 Å². The van der Waals surface area contributed by atoms with E-state index in [0.717, 1.165) is 16.7 Å². The maximum Gasteiger partial charge on any atom is 0.441 e. The third-order valence-electron chi connectivity index (χ3n) is 4.99. The van der Waals surface area contributed by atoms with Crippen molar-refractivity contribution in [2.45, 2.75) is 51.6 Å². The predicted molar refractivity (Wildman–Crippen MR) is 108 cm³/mol.